The molecule has 0 rings (SSSR count). The van der Waals surface area contributed by atoms with Crippen LogP contribution in [-0.2, 0) is 14.3 Å². The molecule has 0 spiro atoms. The Kier molecular flexibility index (Phi) is 5.36. The van der Waals surface area contributed by atoms with Gasteiger partial charge >= 0.3 is 5.97 Å². The van der Waals surface area contributed by atoms with E-state index in [2.05, 4.69) is 6.58 Å². The number of aliphatic hydroxyl groups is 1. The molecule has 1 atom stereocenters. The first-order chi connectivity index (χ1) is 6.76. The average molecular weight is 216 g/mol. The first-order valence-corrected chi connectivity index (χ1v) is 4.85. The van der Waals surface area contributed by atoms with Crippen LogP contribution in [0.4, 0.5) is 0 Å². The van der Waals surface area contributed by atoms with E-state index in [9.17, 15) is 9.90 Å². The van der Waals surface area contributed by atoms with Gasteiger partial charge in [-0.3, -0.25) is 4.79 Å². The van der Waals surface area contributed by atoms with Crippen LogP contribution in [0, 0.1) is 5.92 Å². The lowest BCUT2D eigenvalue weighted by atomic mass is 10.1. The summed E-state index contributed by atoms with van der Waals surface area (Å²) in [6.07, 6.45) is 0.0838. The fourth-order valence-corrected chi connectivity index (χ4v) is 1.06. The van der Waals surface area contributed by atoms with Crippen molar-refractivity contribution in [3.63, 3.8) is 0 Å². The van der Waals surface area contributed by atoms with Gasteiger partial charge in [-0.05, 0) is 20.8 Å². The van der Waals surface area contributed by atoms with Gasteiger partial charge in [0.15, 0.2) is 0 Å². The van der Waals surface area contributed by atoms with Crippen LogP contribution < -0.4 is 0 Å². The van der Waals surface area contributed by atoms with Gasteiger partial charge in [0.25, 0.3) is 0 Å². The first-order valence-electron chi connectivity index (χ1n) is 4.85. The van der Waals surface area contributed by atoms with Crippen molar-refractivity contribution in [3.8, 4) is 0 Å². The van der Waals surface area contributed by atoms with Crippen molar-refractivity contribution >= 4 is 5.97 Å². The molecule has 0 aromatic rings. The van der Waals surface area contributed by atoms with Crippen LogP contribution >= 0.6 is 0 Å². The maximum atomic E-state index is 11.4. The van der Waals surface area contributed by atoms with E-state index in [1.165, 1.54) is 7.11 Å². The van der Waals surface area contributed by atoms with Gasteiger partial charge in [0.05, 0.1) is 18.8 Å². The molecular formula is C11H20O4. The van der Waals surface area contributed by atoms with Gasteiger partial charge in [-0.2, -0.15) is 0 Å². The summed E-state index contributed by atoms with van der Waals surface area (Å²) in [5.41, 5.74) is -0.508. The molecule has 4 nitrogen and oxygen atoms in total. The molecule has 0 bridgehead atoms. The molecule has 1 N–H and O–H groups in total. The number of carbonyl (C=O) groups excluding carboxylic acids is 1. The summed E-state index contributed by atoms with van der Waals surface area (Å²) >= 11 is 0. The van der Waals surface area contributed by atoms with Gasteiger partial charge in [0.1, 0.15) is 5.60 Å². The van der Waals surface area contributed by atoms with E-state index in [4.69, 9.17) is 9.47 Å². The SMILES string of the molecule is C=C(O)[C@@H](COC)CC(=O)OC(C)(C)C. The first kappa shape index (κ1) is 14.0. The highest BCUT2D eigenvalue weighted by molar-refractivity contribution is 5.70. The smallest absolute Gasteiger partial charge is 0.307 e. The van der Waals surface area contributed by atoms with E-state index in [-0.39, 0.29) is 24.8 Å². The zero-order valence-electron chi connectivity index (χ0n) is 9.87. The normalized spacial score (nSPS) is 13.3. The van der Waals surface area contributed by atoms with Gasteiger partial charge in [0, 0.05) is 13.0 Å². The van der Waals surface area contributed by atoms with Gasteiger partial charge in [-0.25, -0.2) is 0 Å². The largest absolute Gasteiger partial charge is 0.513 e. The van der Waals surface area contributed by atoms with Gasteiger partial charge in [-0.15, -0.1) is 0 Å². The highest BCUT2D eigenvalue weighted by atomic mass is 16.6. The molecule has 4 heteroatoms. The predicted molar refractivity (Wildman–Crippen MR) is 57.6 cm³/mol. The molecule has 0 radical (unpaired) electrons. The van der Waals surface area contributed by atoms with E-state index in [0.717, 1.165) is 0 Å². The molecule has 0 saturated carbocycles. The predicted octanol–water partition coefficient (Wildman–Crippen LogP) is 2.05. The Morgan fingerprint density at radius 3 is 2.33 bits per heavy atom. The van der Waals surface area contributed by atoms with E-state index in [0.29, 0.717) is 0 Å². The summed E-state index contributed by atoms with van der Waals surface area (Å²) in [5, 5.41) is 9.21. The number of aliphatic hydroxyl groups excluding tert-OH is 1. The lowest BCUT2D eigenvalue weighted by Crippen LogP contribution is -2.26. The molecule has 0 aromatic carbocycles. The molecule has 15 heavy (non-hydrogen) atoms. The number of rotatable bonds is 5. The molecule has 88 valence electrons. The Bertz CT molecular complexity index is 227. The summed E-state index contributed by atoms with van der Waals surface area (Å²) in [6.45, 7) is 9.04. The molecule has 0 saturated heterocycles. The Labute approximate surface area is 90.9 Å². The van der Waals surface area contributed by atoms with Crippen molar-refractivity contribution in [2.24, 2.45) is 5.92 Å². The lowest BCUT2D eigenvalue weighted by molar-refractivity contribution is -0.156. The van der Waals surface area contributed by atoms with E-state index < -0.39 is 11.5 Å². The third kappa shape index (κ3) is 6.96. The Balaban J connectivity index is 4.18. The van der Waals surface area contributed by atoms with Crippen LogP contribution in [0.15, 0.2) is 12.3 Å². The molecule has 0 heterocycles. The molecule has 0 amide bonds. The highest BCUT2D eigenvalue weighted by Gasteiger charge is 2.22. The Morgan fingerprint density at radius 2 is 2.00 bits per heavy atom. The number of hydrogen-bond donors (Lipinski definition) is 1. The van der Waals surface area contributed by atoms with Crippen LogP contribution in [0.3, 0.4) is 0 Å². The molecule has 0 fully saturated rings. The van der Waals surface area contributed by atoms with Gasteiger partial charge in [0.2, 0.25) is 0 Å². The quantitative estimate of drug-likeness (QED) is 0.564. The topological polar surface area (TPSA) is 55.8 Å². The van der Waals surface area contributed by atoms with Crippen molar-refractivity contribution < 1.29 is 19.4 Å². The molecule has 0 unspecified atom stereocenters. The monoisotopic (exact) mass is 216 g/mol. The van der Waals surface area contributed by atoms with Crippen LogP contribution in [-0.4, -0.2) is 30.4 Å². The molecule has 0 aliphatic heterocycles. The van der Waals surface area contributed by atoms with Crippen molar-refractivity contribution in [3.05, 3.63) is 12.3 Å². The second kappa shape index (κ2) is 5.75. The maximum absolute atomic E-state index is 11.4. The van der Waals surface area contributed by atoms with E-state index in [1.807, 2.05) is 0 Å². The Morgan fingerprint density at radius 1 is 1.47 bits per heavy atom. The zero-order valence-corrected chi connectivity index (χ0v) is 9.87. The molecule has 0 aliphatic rings. The van der Waals surface area contributed by atoms with Gasteiger partial charge in [-0.1, -0.05) is 6.58 Å². The lowest BCUT2D eigenvalue weighted by Gasteiger charge is -2.21. The second-order valence-corrected chi connectivity index (χ2v) is 4.43. The molecule has 0 aliphatic carbocycles. The minimum atomic E-state index is -0.508. The summed E-state index contributed by atoms with van der Waals surface area (Å²) < 4.78 is 9.99. The number of hydrogen-bond acceptors (Lipinski definition) is 4. The van der Waals surface area contributed by atoms with Crippen molar-refractivity contribution in [1.29, 1.82) is 0 Å². The fraction of sp³-hybridized carbons (Fsp3) is 0.727. The molecule has 0 aromatic heterocycles. The third-order valence-electron chi connectivity index (χ3n) is 1.67. The van der Waals surface area contributed by atoms with Crippen LogP contribution in [0.1, 0.15) is 27.2 Å². The standard InChI is InChI=1S/C11H20O4/c1-8(12)9(7-14-5)6-10(13)15-11(2,3)4/h9,12H,1,6-7H2,2-5H3/t9-/m1/s1. The highest BCUT2D eigenvalue weighted by Crippen LogP contribution is 2.15. The number of ether oxygens (including phenoxy) is 2. The number of methoxy groups -OCH3 is 1. The van der Waals surface area contributed by atoms with E-state index in [1.54, 1.807) is 20.8 Å². The van der Waals surface area contributed by atoms with Crippen molar-refractivity contribution in [1.82, 2.24) is 0 Å². The summed E-state index contributed by atoms with van der Waals surface area (Å²) in [6, 6.07) is 0. The van der Waals surface area contributed by atoms with Crippen LogP contribution in [0.25, 0.3) is 0 Å². The summed E-state index contributed by atoms with van der Waals surface area (Å²) in [5.74, 6) is -0.813. The summed E-state index contributed by atoms with van der Waals surface area (Å²) in [4.78, 5) is 11.4. The average Bonchev–Trinajstić information content (AvgIpc) is 1.99. The second-order valence-electron chi connectivity index (χ2n) is 4.43. The van der Waals surface area contributed by atoms with Crippen LogP contribution in [0.2, 0.25) is 0 Å². The van der Waals surface area contributed by atoms with Crippen molar-refractivity contribution in [2.75, 3.05) is 13.7 Å². The number of carbonyl (C=O) groups is 1. The maximum Gasteiger partial charge on any atom is 0.307 e. The zero-order chi connectivity index (χ0) is 12.1. The fourth-order valence-electron chi connectivity index (χ4n) is 1.06. The summed E-state index contributed by atoms with van der Waals surface area (Å²) in [7, 11) is 1.50. The van der Waals surface area contributed by atoms with Crippen molar-refractivity contribution in [2.45, 2.75) is 32.8 Å². The minimum absolute atomic E-state index is 0.0530. The van der Waals surface area contributed by atoms with Crippen LogP contribution in [0.5, 0.6) is 0 Å². The van der Waals surface area contributed by atoms with Gasteiger partial charge < -0.3 is 14.6 Å². The molecular weight excluding hydrogens is 196 g/mol. The number of esters is 1. The minimum Gasteiger partial charge on any atom is -0.513 e. The Hall–Kier alpha value is -1.03. The third-order valence-corrected chi connectivity index (χ3v) is 1.67. The van der Waals surface area contributed by atoms with E-state index >= 15 is 0 Å².